The van der Waals surface area contributed by atoms with E-state index in [1.54, 1.807) is 11.3 Å². The lowest BCUT2D eigenvalue weighted by Crippen LogP contribution is -1.98. The molecule has 0 spiro atoms. The van der Waals surface area contributed by atoms with Crippen molar-refractivity contribution in [1.29, 1.82) is 0 Å². The van der Waals surface area contributed by atoms with E-state index in [9.17, 15) is 9.50 Å². The monoisotopic (exact) mass is 249 g/mol. The summed E-state index contributed by atoms with van der Waals surface area (Å²) in [5, 5.41) is 10.2. The molecule has 0 saturated carbocycles. The standard InChI is InChI=1S/C13H12FNOS/c14-10-4-9(6-15-7-10)13(16)12-5-8-2-1-3-11(8)17-12/h4-7,13,16H,1-3H2. The van der Waals surface area contributed by atoms with Crippen LogP contribution in [-0.2, 0) is 12.8 Å². The maximum Gasteiger partial charge on any atom is 0.141 e. The molecule has 0 amide bonds. The summed E-state index contributed by atoms with van der Waals surface area (Å²) < 4.78 is 13.0. The fraction of sp³-hybridized carbons (Fsp3) is 0.308. The normalized spacial score (nSPS) is 15.9. The Morgan fingerprint density at radius 1 is 1.29 bits per heavy atom. The SMILES string of the molecule is OC(c1cncc(F)c1)c1cc2c(s1)CCC2. The molecule has 17 heavy (non-hydrogen) atoms. The number of aromatic nitrogens is 1. The molecular weight excluding hydrogens is 237 g/mol. The Hall–Kier alpha value is -1.26. The summed E-state index contributed by atoms with van der Waals surface area (Å²) in [7, 11) is 0. The largest absolute Gasteiger partial charge is 0.383 e. The maximum absolute atomic E-state index is 13.0. The summed E-state index contributed by atoms with van der Waals surface area (Å²) in [6.07, 6.45) is 5.31. The minimum atomic E-state index is -0.756. The lowest BCUT2D eigenvalue weighted by molar-refractivity contribution is 0.223. The van der Waals surface area contributed by atoms with Crippen LogP contribution in [0.1, 0.15) is 33.4 Å². The third-order valence-electron chi connectivity index (χ3n) is 3.08. The second-order valence-electron chi connectivity index (χ2n) is 4.29. The second kappa shape index (κ2) is 4.20. The van der Waals surface area contributed by atoms with Crippen molar-refractivity contribution >= 4 is 11.3 Å². The average molecular weight is 249 g/mol. The number of pyridine rings is 1. The highest BCUT2D eigenvalue weighted by Gasteiger charge is 2.20. The van der Waals surface area contributed by atoms with Gasteiger partial charge in [0, 0.05) is 21.5 Å². The van der Waals surface area contributed by atoms with E-state index in [0.717, 1.165) is 23.9 Å². The van der Waals surface area contributed by atoms with Crippen LogP contribution >= 0.6 is 11.3 Å². The molecule has 0 bridgehead atoms. The van der Waals surface area contributed by atoms with E-state index in [4.69, 9.17) is 0 Å². The van der Waals surface area contributed by atoms with Gasteiger partial charge in [0.05, 0.1) is 6.20 Å². The zero-order valence-electron chi connectivity index (χ0n) is 9.19. The highest BCUT2D eigenvalue weighted by atomic mass is 32.1. The Morgan fingerprint density at radius 2 is 2.18 bits per heavy atom. The van der Waals surface area contributed by atoms with Crippen molar-refractivity contribution in [2.45, 2.75) is 25.4 Å². The second-order valence-corrected chi connectivity index (χ2v) is 5.46. The first-order valence-corrected chi connectivity index (χ1v) is 6.45. The predicted octanol–water partition coefficient (Wildman–Crippen LogP) is 2.85. The molecule has 0 fully saturated rings. The Labute approximate surface area is 103 Å². The molecular formula is C13H12FNOS. The summed E-state index contributed by atoms with van der Waals surface area (Å²) in [6.45, 7) is 0. The number of hydrogen-bond acceptors (Lipinski definition) is 3. The third kappa shape index (κ3) is 1.98. The number of fused-ring (bicyclic) bond motifs is 1. The van der Waals surface area contributed by atoms with Crippen molar-refractivity contribution in [3.05, 3.63) is 51.2 Å². The fourth-order valence-corrected chi connectivity index (χ4v) is 3.50. The molecule has 1 atom stereocenters. The summed E-state index contributed by atoms with van der Waals surface area (Å²) in [6, 6.07) is 3.38. The minimum absolute atomic E-state index is 0.411. The molecule has 1 aliphatic rings. The van der Waals surface area contributed by atoms with Crippen LogP contribution in [0, 0.1) is 5.82 Å². The van der Waals surface area contributed by atoms with E-state index in [-0.39, 0.29) is 0 Å². The van der Waals surface area contributed by atoms with Crippen LogP contribution < -0.4 is 0 Å². The van der Waals surface area contributed by atoms with Gasteiger partial charge in [-0.3, -0.25) is 4.98 Å². The number of hydrogen-bond donors (Lipinski definition) is 1. The molecule has 2 aromatic rings. The molecule has 2 aromatic heterocycles. The molecule has 0 radical (unpaired) electrons. The van der Waals surface area contributed by atoms with Crippen molar-refractivity contribution in [2.24, 2.45) is 0 Å². The zero-order valence-corrected chi connectivity index (χ0v) is 10.0. The van der Waals surface area contributed by atoms with Crippen molar-refractivity contribution < 1.29 is 9.50 Å². The molecule has 2 heterocycles. The summed E-state index contributed by atoms with van der Waals surface area (Å²) in [4.78, 5) is 6.02. The Balaban J connectivity index is 1.93. The van der Waals surface area contributed by atoms with Gasteiger partial charge in [0.15, 0.2) is 0 Å². The smallest absolute Gasteiger partial charge is 0.141 e. The van der Waals surface area contributed by atoms with Gasteiger partial charge in [0.25, 0.3) is 0 Å². The third-order valence-corrected chi connectivity index (χ3v) is 4.37. The van der Waals surface area contributed by atoms with Gasteiger partial charge in [-0.2, -0.15) is 0 Å². The maximum atomic E-state index is 13.0. The van der Waals surface area contributed by atoms with Gasteiger partial charge < -0.3 is 5.11 Å². The van der Waals surface area contributed by atoms with Crippen LogP contribution in [0.5, 0.6) is 0 Å². The van der Waals surface area contributed by atoms with E-state index >= 15 is 0 Å². The fourth-order valence-electron chi connectivity index (χ4n) is 2.23. The van der Waals surface area contributed by atoms with Crippen LogP contribution in [0.25, 0.3) is 0 Å². The summed E-state index contributed by atoms with van der Waals surface area (Å²) in [5.74, 6) is -0.411. The van der Waals surface area contributed by atoms with Crippen LogP contribution in [-0.4, -0.2) is 10.1 Å². The van der Waals surface area contributed by atoms with Crippen LogP contribution in [0.3, 0.4) is 0 Å². The average Bonchev–Trinajstić information content (AvgIpc) is 2.88. The molecule has 0 aliphatic heterocycles. The van der Waals surface area contributed by atoms with E-state index in [0.29, 0.717) is 5.56 Å². The lowest BCUT2D eigenvalue weighted by atomic mass is 10.1. The number of aliphatic hydroxyl groups is 1. The Bertz CT molecular complexity index is 531. The number of halogens is 1. The van der Waals surface area contributed by atoms with Crippen LogP contribution in [0.15, 0.2) is 24.5 Å². The number of aryl methyl sites for hydroxylation is 2. The molecule has 1 aliphatic carbocycles. The van der Waals surface area contributed by atoms with E-state index < -0.39 is 11.9 Å². The van der Waals surface area contributed by atoms with Crippen molar-refractivity contribution in [1.82, 2.24) is 4.98 Å². The van der Waals surface area contributed by atoms with Crippen molar-refractivity contribution in [2.75, 3.05) is 0 Å². The van der Waals surface area contributed by atoms with Gasteiger partial charge in [-0.25, -0.2) is 4.39 Å². The van der Waals surface area contributed by atoms with Crippen molar-refractivity contribution in [3.63, 3.8) is 0 Å². The Kier molecular flexibility index (Phi) is 2.68. The van der Waals surface area contributed by atoms with E-state index in [1.165, 1.54) is 29.1 Å². The topological polar surface area (TPSA) is 33.1 Å². The molecule has 0 aromatic carbocycles. The van der Waals surface area contributed by atoms with Crippen LogP contribution in [0.4, 0.5) is 4.39 Å². The lowest BCUT2D eigenvalue weighted by Gasteiger charge is -2.08. The number of nitrogens with zero attached hydrogens (tertiary/aromatic N) is 1. The molecule has 88 valence electrons. The van der Waals surface area contributed by atoms with Gasteiger partial charge in [0.1, 0.15) is 11.9 Å². The first-order chi connectivity index (χ1) is 8.24. The molecule has 1 N–H and O–H groups in total. The quantitative estimate of drug-likeness (QED) is 0.887. The molecule has 3 rings (SSSR count). The van der Waals surface area contributed by atoms with Crippen LogP contribution in [0.2, 0.25) is 0 Å². The van der Waals surface area contributed by atoms with Gasteiger partial charge in [-0.15, -0.1) is 11.3 Å². The summed E-state index contributed by atoms with van der Waals surface area (Å²) in [5.41, 5.74) is 1.86. The molecule has 0 saturated heterocycles. The summed E-state index contributed by atoms with van der Waals surface area (Å²) >= 11 is 1.63. The van der Waals surface area contributed by atoms with Crippen molar-refractivity contribution in [3.8, 4) is 0 Å². The van der Waals surface area contributed by atoms with Gasteiger partial charge in [-0.05, 0) is 37.0 Å². The highest BCUT2D eigenvalue weighted by molar-refractivity contribution is 7.12. The number of aliphatic hydroxyl groups excluding tert-OH is 1. The number of thiophene rings is 1. The highest BCUT2D eigenvalue weighted by Crippen LogP contribution is 2.35. The van der Waals surface area contributed by atoms with E-state index in [1.807, 2.05) is 6.07 Å². The van der Waals surface area contributed by atoms with E-state index in [2.05, 4.69) is 4.98 Å². The first-order valence-electron chi connectivity index (χ1n) is 5.64. The minimum Gasteiger partial charge on any atom is -0.383 e. The van der Waals surface area contributed by atoms with Gasteiger partial charge in [-0.1, -0.05) is 0 Å². The molecule has 1 unspecified atom stereocenters. The zero-order chi connectivity index (χ0) is 11.8. The molecule has 2 nitrogen and oxygen atoms in total. The van der Waals surface area contributed by atoms with Gasteiger partial charge in [0.2, 0.25) is 0 Å². The molecule has 4 heteroatoms. The Morgan fingerprint density at radius 3 is 2.94 bits per heavy atom. The first kappa shape index (κ1) is 10.9. The van der Waals surface area contributed by atoms with Gasteiger partial charge >= 0.3 is 0 Å². The predicted molar refractivity (Wildman–Crippen MR) is 64.6 cm³/mol. The number of rotatable bonds is 2.